The van der Waals surface area contributed by atoms with E-state index >= 15 is 0 Å². The van der Waals surface area contributed by atoms with Crippen LogP contribution in [0.3, 0.4) is 0 Å². The number of hydroxylamine groups is 1. The fourth-order valence-electron chi connectivity index (χ4n) is 0.428. The summed E-state index contributed by atoms with van der Waals surface area (Å²) in [6, 6.07) is 0. The second-order valence-electron chi connectivity index (χ2n) is 1.46. The molecule has 5 heteroatoms. The predicted molar refractivity (Wildman–Crippen MR) is 33.5 cm³/mol. The molecule has 1 rings (SSSR count). The number of nitrogens with zero attached hydrogens (tertiary/aromatic N) is 1. The van der Waals surface area contributed by atoms with Crippen LogP contribution < -0.4 is 0 Å². The zero-order chi connectivity index (χ0) is 6.15. The molecule has 0 spiro atoms. The first-order valence-corrected chi connectivity index (χ1v) is 3.28. The Kier molecular flexibility index (Phi) is 1.77. The van der Waals surface area contributed by atoms with E-state index < -0.39 is 0 Å². The molecule has 0 saturated carbocycles. The van der Waals surface area contributed by atoms with E-state index in [1.54, 1.807) is 0 Å². The number of rotatable bonds is 0. The van der Waals surface area contributed by atoms with Gasteiger partial charge in [0.25, 0.3) is 0 Å². The van der Waals surface area contributed by atoms with Gasteiger partial charge in [0, 0.05) is 11.9 Å². The maximum atomic E-state index is 8.64. The number of hydrogen-bond acceptors (Lipinski definition) is 4. The zero-order valence-corrected chi connectivity index (χ0v) is 5.54. The minimum absolute atomic E-state index is 0.314. The largest absolute Gasteiger partial charge is 0.303 e. The van der Waals surface area contributed by atoms with Crippen molar-refractivity contribution in [1.29, 1.82) is 5.41 Å². The van der Waals surface area contributed by atoms with Crippen molar-refractivity contribution in [3.63, 3.8) is 0 Å². The van der Waals surface area contributed by atoms with Crippen molar-refractivity contribution in [2.24, 2.45) is 0 Å². The lowest BCUT2D eigenvalue weighted by atomic mass is 10.5. The molecular formula is C3H5ClN2OS. The van der Waals surface area contributed by atoms with Gasteiger partial charge in [-0.2, -0.15) is 0 Å². The van der Waals surface area contributed by atoms with Gasteiger partial charge in [-0.1, -0.05) is 0 Å². The van der Waals surface area contributed by atoms with Crippen LogP contribution in [0.5, 0.6) is 0 Å². The summed E-state index contributed by atoms with van der Waals surface area (Å²) in [5, 5.41) is 15.7. The van der Waals surface area contributed by atoms with Gasteiger partial charge in [0.1, 0.15) is 5.04 Å². The highest BCUT2D eigenvalue weighted by molar-refractivity contribution is 8.12. The van der Waals surface area contributed by atoms with Crippen LogP contribution in [0.1, 0.15) is 0 Å². The van der Waals surface area contributed by atoms with E-state index in [9.17, 15) is 0 Å². The van der Waals surface area contributed by atoms with Crippen LogP contribution in [0.4, 0.5) is 0 Å². The molecule has 0 amide bonds. The molecule has 1 fully saturated rings. The Labute approximate surface area is 56.2 Å². The summed E-state index contributed by atoms with van der Waals surface area (Å²) >= 11 is 6.48. The molecule has 0 radical (unpaired) electrons. The summed E-state index contributed by atoms with van der Waals surface area (Å²) in [6.07, 6.45) is 0. The molecule has 0 aromatic carbocycles. The predicted octanol–water partition coefficient (Wildman–Crippen LogP) is 0.924. The summed E-state index contributed by atoms with van der Waals surface area (Å²) < 4.78 is 0.958. The molecule has 1 unspecified atom stereocenters. The molecule has 2 N–H and O–H groups in total. The quantitative estimate of drug-likeness (QED) is 0.401. The van der Waals surface area contributed by atoms with E-state index in [1.807, 2.05) is 0 Å². The maximum Gasteiger partial charge on any atom is 0.101 e. The van der Waals surface area contributed by atoms with Gasteiger partial charge in [0.05, 0.1) is 11.9 Å². The van der Waals surface area contributed by atoms with Crippen LogP contribution in [0, 0.1) is 5.41 Å². The van der Waals surface area contributed by atoms with Gasteiger partial charge in [0.2, 0.25) is 0 Å². The lowest BCUT2D eigenvalue weighted by Gasteiger charge is -1.97. The Morgan fingerprint density at radius 3 is 2.75 bits per heavy atom. The van der Waals surface area contributed by atoms with E-state index in [4.69, 9.17) is 22.2 Å². The molecule has 1 aliphatic heterocycles. The van der Waals surface area contributed by atoms with E-state index in [1.165, 1.54) is 0 Å². The van der Waals surface area contributed by atoms with Crippen LogP contribution in [0.2, 0.25) is 0 Å². The molecule has 0 bridgehead atoms. The summed E-state index contributed by atoms with van der Waals surface area (Å²) in [6.45, 7) is 0.352. The van der Waals surface area contributed by atoms with E-state index in [2.05, 4.69) is 0 Å². The number of nitrogens with one attached hydrogen (secondary N) is 1. The maximum absolute atomic E-state index is 8.64. The standard InChI is InChI=1S/C3H5ClN2OS/c4-2-1-6(7)8-3(2)5/h2,5,7H,1H2. The minimum Gasteiger partial charge on any atom is -0.303 e. The van der Waals surface area contributed by atoms with Crippen molar-refractivity contribution in [3.05, 3.63) is 0 Å². The van der Waals surface area contributed by atoms with Crippen LogP contribution in [-0.4, -0.2) is 26.6 Å². The van der Waals surface area contributed by atoms with Crippen molar-refractivity contribution in [3.8, 4) is 0 Å². The number of halogens is 1. The van der Waals surface area contributed by atoms with Crippen LogP contribution in [-0.2, 0) is 0 Å². The molecule has 0 aromatic heterocycles. The molecule has 0 aliphatic carbocycles. The van der Waals surface area contributed by atoms with Crippen molar-refractivity contribution in [1.82, 2.24) is 4.47 Å². The Hall–Kier alpha value is 0.230. The molecule has 1 heterocycles. The van der Waals surface area contributed by atoms with E-state index in [0.717, 1.165) is 16.4 Å². The number of alkyl halides is 1. The summed E-state index contributed by atoms with van der Waals surface area (Å²) in [5.74, 6) is 0. The number of hydrogen-bond donors (Lipinski definition) is 2. The molecule has 8 heavy (non-hydrogen) atoms. The average Bonchev–Trinajstić information content (AvgIpc) is 1.85. The van der Waals surface area contributed by atoms with Gasteiger partial charge in [-0.15, -0.1) is 16.1 Å². The monoisotopic (exact) mass is 152 g/mol. The molecule has 1 atom stereocenters. The summed E-state index contributed by atoms with van der Waals surface area (Å²) in [4.78, 5) is 0. The second-order valence-corrected chi connectivity index (χ2v) is 3.03. The topological polar surface area (TPSA) is 47.3 Å². The van der Waals surface area contributed by atoms with Gasteiger partial charge in [-0.05, 0) is 0 Å². The minimum atomic E-state index is -0.315. The third-order valence-corrected chi connectivity index (χ3v) is 2.13. The van der Waals surface area contributed by atoms with Crippen LogP contribution >= 0.6 is 23.5 Å². The van der Waals surface area contributed by atoms with Gasteiger partial charge in [-0.3, -0.25) is 5.41 Å². The smallest absolute Gasteiger partial charge is 0.101 e. The highest BCUT2D eigenvalue weighted by Gasteiger charge is 2.25. The fourth-order valence-corrected chi connectivity index (χ4v) is 1.40. The van der Waals surface area contributed by atoms with Crippen LogP contribution in [0.15, 0.2) is 0 Å². The summed E-state index contributed by atoms with van der Waals surface area (Å²) in [7, 11) is 0. The third-order valence-electron chi connectivity index (χ3n) is 0.805. The Bertz CT molecular complexity index is 120. The Balaban J connectivity index is 2.51. The van der Waals surface area contributed by atoms with Crippen molar-refractivity contribution >= 4 is 28.6 Å². The molecule has 0 aromatic rings. The third kappa shape index (κ3) is 1.14. The van der Waals surface area contributed by atoms with Gasteiger partial charge >= 0.3 is 0 Å². The average molecular weight is 153 g/mol. The molecule has 46 valence electrons. The van der Waals surface area contributed by atoms with Gasteiger partial charge in [-0.25, -0.2) is 0 Å². The molecule has 1 saturated heterocycles. The lowest BCUT2D eigenvalue weighted by molar-refractivity contribution is 0.0259. The van der Waals surface area contributed by atoms with Crippen molar-refractivity contribution in [2.45, 2.75) is 5.38 Å². The highest BCUT2D eigenvalue weighted by atomic mass is 35.5. The lowest BCUT2D eigenvalue weighted by Crippen LogP contribution is -2.11. The fraction of sp³-hybridized carbons (Fsp3) is 0.667. The molecular weight excluding hydrogens is 148 g/mol. The Morgan fingerprint density at radius 1 is 2.00 bits per heavy atom. The first-order chi connectivity index (χ1) is 3.70. The molecule has 3 nitrogen and oxygen atoms in total. The van der Waals surface area contributed by atoms with Gasteiger partial charge in [0.15, 0.2) is 0 Å². The van der Waals surface area contributed by atoms with Crippen molar-refractivity contribution in [2.75, 3.05) is 6.54 Å². The normalized spacial score (nSPS) is 31.8. The van der Waals surface area contributed by atoms with E-state index in [-0.39, 0.29) is 5.38 Å². The SMILES string of the molecule is N=C1SN(O)CC1Cl. The molecule has 1 aliphatic rings. The van der Waals surface area contributed by atoms with E-state index in [0.29, 0.717) is 11.6 Å². The van der Waals surface area contributed by atoms with Gasteiger partial charge < -0.3 is 5.21 Å². The zero-order valence-electron chi connectivity index (χ0n) is 3.97. The highest BCUT2D eigenvalue weighted by Crippen LogP contribution is 2.23. The second kappa shape index (κ2) is 2.23. The first kappa shape index (κ1) is 6.35. The van der Waals surface area contributed by atoms with Crippen LogP contribution in [0.25, 0.3) is 0 Å². The Morgan fingerprint density at radius 2 is 2.62 bits per heavy atom. The summed E-state index contributed by atoms with van der Waals surface area (Å²) in [5.41, 5.74) is 0. The van der Waals surface area contributed by atoms with Crippen molar-refractivity contribution < 1.29 is 5.21 Å². The first-order valence-electron chi connectivity index (χ1n) is 2.07.